The van der Waals surface area contributed by atoms with E-state index in [1.54, 1.807) is 6.07 Å². The van der Waals surface area contributed by atoms with Gasteiger partial charge in [-0.15, -0.1) is 0 Å². The highest BCUT2D eigenvalue weighted by Crippen LogP contribution is 2.39. The van der Waals surface area contributed by atoms with Gasteiger partial charge in [-0.05, 0) is 49.0 Å². The number of piperidine rings is 1. The molecule has 1 amide bonds. The second kappa shape index (κ2) is 4.93. The van der Waals surface area contributed by atoms with Gasteiger partial charge in [0, 0.05) is 19.5 Å². The van der Waals surface area contributed by atoms with Crippen molar-refractivity contribution in [2.75, 3.05) is 19.6 Å². The van der Waals surface area contributed by atoms with E-state index in [0.717, 1.165) is 38.0 Å². The first-order valence-corrected chi connectivity index (χ1v) is 6.90. The molecule has 4 heteroatoms. The molecule has 3 rings (SSSR count). The first-order chi connectivity index (χ1) is 9.17. The molecule has 0 aliphatic carbocycles. The number of carbonyl (C=O) groups is 1. The summed E-state index contributed by atoms with van der Waals surface area (Å²) in [6.07, 6.45) is 2.79. The summed E-state index contributed by atoms with van der Waals surface area (Å²) in [5, 5.41) is 3.34. The van der Waals surface area contributed by atoms with Gasteiger partial charge < -0.3 is 10.2 Å². The molecule has 0 aromatic heterocycles. The normalized spacial score (nSPS) is 22.2. The molecule has 3 nitrogen and oxygen atoms in total. The van der Waals surface area contributed by atoms with Crippen molar-refractivity contribution in [3.63, 3.8) is 0 Å². The molecular formula is C15H19FN2O. The number of halogens is 1. The second-order valence-electron chi connectivity index (χ2n) is 5.81. The first kappa shape index (κ1) is 12.6. The van der Waals surface area contributed by atoms with Gasteiger partial charge in [0.2, 0.25) is 5.91 Å². The number of hydrogen-bond acceptors (Lipinski definition) is 2. The summed E-state index contributed by atoms with van der Waals surface area (Å²) in [5.41, 5.74) is 1.04. The van der Waals surface area contributed by atoms with E-state index in [-0.39, 0.29) is 17.1 Å². The second-order valence-corrected chi connectivity index (χ2v) is 5.81. The zero-order valence-electron chi connectivity index (χ0n) is 11.0. The maximum Gasteiger partial charge on any atom is 0.223 e. The molecule has 102 valence electrons. The Balaban J connectivity index is 1.70. The lowest BCUT2D eigenvalue weighted by atomic mass is 9.78. The van der Waals surface area contributed by atoms with Crippen LogP contribution in [0.25, 0.3) is 0 Å². The fourth-order valence-corrected chi connectivity index (χ4v) is 3.27. The van der Waals surface area contributed by atoms with Crippen LogP contribution in [0.1, 0.15) is 24.8 Å². The van der Waals surface area contributed by atoms with Crippen LogP contribution in [0, 0.1) is 11.2 Å². The van der Waals surface area contributed by atoms with Crippen LogP contribution in [0.15, 0.2) is 24.3 Å². The van der Waals surface area contributed by atoms with E-state index in [1.807, 2.05) is 11.0 Å². The lowest BCUT2D eigenvalue weighted by molar-refractivity contribution is -0.128. The minimum Gasteiger partial charge on any atom is -0.338 e. The molecule has 0 saturated carbocycles. The van der Waals surface area contributed by atoms with Crippen LogP contribution in [0.2, 0.25) is 0 Å². The Kier molecular flexibility index (Phi) is 3.27. The highest BCUT2D eigenvalue weighted by atomic mass is 19.1. The molecule has 2 fully saturated rings. The lowest BCUT2D eigenvalue weighted by Gasteiger charge is -2.33. The number of nitrogens with one attached hydrogen (secondary N) is 1. The molecule has 0 unspecified atom stereocenters. The van der Waals surface area contributed by atoms with E-state index in [0.29, 0.717) is 13.0 Å². The van der Waals surface area contributed by atoms with E-state index < -0.39 is 0 Å². The Morgan fingerprint density at radius 3 is 2.84 bits per heavy atom. The van der Waals surface area contributed by atoms with Crippen LogP contribution >= 0.6 is 0 Å². The van der Waals surface area contributed by atoms with E-state index in [1.165, 1.54) is 12.1 Å². The van der Waals surface area contributed by atoms with Gasteiger partial charge in [0.05, 0.1) is 0 Å². The van der Waals surface area contributed by atoms with Crippen LogP contribution in [0.3, 0.4) is 0 Å². The monoisotopic (exact) mass is 262 g/mol. The molecular weight excluding hydrogens is 243 g/mol. The van der Waals surface area contributed by atoms with Gasteiger partial charge in [-0.3, -0.25) is 4.79 Å². The number of carbonyl (C=O) groups excluding carboxylic acids is 1. The van der Waals surface area contributed by atoms with E-state index in [2.05, 4.69) is 5.32 Å². The third-order valence-electron chi connectivity index (χ3n) is 4.33. The summed E-state index contributed by atoms with van der Waals surface area (Å²) in [5.74, 6) is -0.0214. The average Bonchev–Trinajstić information content (AvgIpc) is 2.66. The van der Waals surface area contributed by atoms with Crippen molar-refractivity contribution in [1.82, 2.24) is 10.2 Å². The smallest absolute Gasteiger partial charge is 0.223 e. The predicted octanol–water partition coefficient (Wildman–Crippen LogP) is 1.93. The number of nitrogens with zero attached hydrogens (tertiary/aromatic N) is 1. The molecule has 2 aliphatic heterocycles. The van der Waals surface area contributed by atoms with Crippen molar-refractivity contribution in [3.8, 4) is 0 Å². The third-order valence-corrected chi connectivity index (χ3v) is 4.33. The highest BCUT2D eigenvalue weighted by Gasteiger charge is 2.43. The van der Waals surface area contributed by atoms with E-state index in [4.69, 9.17) is 0 Å². The van der Waals surface area contributed by atoms with Gasteiger partial charge in [0.25, 0.3) is 0 Å². The maximum atomic E-state index is 13.2. The summed E-state index contributed by atoms with van der Waals surface area (Å²) in [7, 11) is 0. The molecule has 2 saturated heterocycles. The van der Waals surface area contributed by atoms with Crippen molar-refractivity contribution < 1.29 is 9.18 Å². The van der Waals surface area contributed by atoms with E-state index in [9.17, 15) is 9.18 Å². The molecule has 1 aromatic carbocycles. The van der Waals surface area contributed by atoms with Gasteiger partial charge >= 0.3 is 0 Å². The zero-order valence-corrected chi connectivity index (χ0v) is 11.0. The van der Waals surface area contributed by atoms with Gasteiger partial charge in [-0.2, -0.15) is 0 Å². The molecule has 0 atom stereocenters. The van der Waals surface area contributed by atoms with Crippen molar-refractivity contribution >= 4 is 5.91 Å². The lowest BCUT2D eigenvalue weighted by Crippen LogP contribution is -2.38. The Morgan fingerprint density at radius 1 is 1.32 bits per heavy atom. The average molecular weight is 262 g/mol. The molecule has 0 bridgehead atoms. The number of likely N-dealkylation sites (tertiary alicyclic amines) is 1. The number of amides is 1. The summed E-state index contributed by atoms with van der Waals surface area (Å²) >= 11 is 0. The Morgan fingerprint density at radius 2 is 2.11 bits per heavy atom. The fraction of sp³-hybridized carbons (Fsp3) is 0.533. The number of hydrogen-bond donors (Lipinski definition) is 1. The van der Waals surface area contributed by atoms with E-state index >= 15 is 0 Å². The van der Waals surface area contributed by atoms with Crippen LogP contribution in [-0.2, 0) is 11.3 Å². The molecule has 2 aliphatic rings. The largest absolute Gasteiger partial charge is 0.338 e. The van der Waals surface area contributed by atoms with Crippen molar-refractivity contribution in [3.05, 3.63) is 35.6 Å². The summed E-state index contributed by atoms with van der Waals surface area (Å²) in [6.45, 7) is 3.36. The maximum absolute atomic E-state index is 13.2. The quantitative estimate of drug-likeness (QED) is 0.883. The van der Waals surface area contributed by atoms with Crippen molar-refractivity contribution in [1.29, 1.82) is 0 Å². The van der Waals surface area contributed by atoms with Crippen molar-refractivity contribution in [2.45, 2.75) is 25.8 Å². The Bertz CT molecular complexity index is 483. The summed E-state index contributed by atoms with van der Waals surface area (Å²) in [6, 6.07) is 6.53. The molecule has 1 aromatic rings. The summed E-state index contributed by atoms with van der Waals surface area (Å²) in [4.78, 5) is 14.0. The van der Waals surface area contributed by atoms with Crippen LogP contribution < -0.4 is 5.32 Å². The molecule has 2 heterocycles. The van der Waals surface area contributed by atoms with Gasteiger partial charge in [0.15, 0.2) is 0 Å². The van der Waals surface area contributed by atoms with Crippen LogP contribution in [0.5, 0.6) is 0 Å². The number of rotatable bonds is 2. The molecule has 19 heavy (non-hydrogen) atoms. The third kappa shape index (κ3) is 2.63. The Hall–Kier alpha value is -1.42. The minimum absolute atomic E-state index is 0.162. The molecule has 1 N–H and O–H groups in total. The standard InChI is InChI=1S/C15H19FN2O/c16-13-3-1-2-12(8-13)10-18-11-15(9-14(18)19)4-6-17-7-5-15/h1-3,8,17H,4-7,9-11H2. The minimum atomic E-state index is -0.235. The molecule has 0 radical (unpaired) electrons. The van der Waals surface area contributed by atoms with Gasteiger partial charge in [-0.1, -0.05) is 12.1 Å². The van der Waals surface area contributed by atoms with Crippen molar-refractivity contribution in [2.24, 2.45) is 5.41 Å². The topological polar surface area (TPSA) is 32.3 Å². The fourth-order valence-electron chi connectivity index (χ4n) is 3.27. The SMILES string of the molecule is O=C1CC2(CCNCC2)CN1Cc1cccc(F)c1. The van der Waals surface area contributed by atoms with Crippen LogP contribution in [0.4, 0.5) is 4.39 Å². The van der Waals surface area contributed by atoms with Gasteiger partial charge in [0.1, 0.15) is 5.82 Å². The van der Waals surface area contributed by atoms with Gasteiger partial charge in [-0.25, -0.2) is 4.39 Å². The zero-order chi connectivity index (χ0) is 13.3. The van der Waals surface area contributed by atoms with Crippen LogP contribution in [-0.4, -0.2) is 30.4 Å². The Labute approximate surface area is 112 Å². The highest BCUT2D eigenvalue weighted by molar-refractivity contribution is 5.79. The first-order valence-electron chi connectivity index (χ1n) is 6.90. The summed E-state index contributed by atoms with van der Waals surface area (Å²) < 4.78 is 13.2. The predicted molar refractivity (Wildman–Crippen MR) is 71.0 cm³/mol. The molecule has 1 spiro atoms. The number of benzene rings is 1.